The Balaban J connectivity index is 1.47. The van der Waals surface area contributed by atoms with Crippen LogP contribution >= 0.6 is 0 Å². The van der Waals surface area contributed by atoms with Crippen molar-refractivity contribution in [3.8, 4) is 0 Å². The zero-order chi connectivity index (χ0) is 22.9. The molecule has 0 radical (unpaired) electrons. The van der Waals surface area contributed by atoms with E-state index in [1.54, 1.807) is 6.92 Å². The second kappa shape index (κ2) is 9.12. The summed E-state index contributed by atoms with van der Waals surface area (Å²) in [5.74, 6) is 1.66. The molecule has 0 spiro atoms. The van der Waals surface area contributed by atoms with Crippen molar-refractivity contribution in [1.29, 1.82) is 0 Å². The van der Waals surface area contributed by atoms with Gasteiger partial charge < -0.3 is 15.5 Å². The van der Waals surface area contributed by atoms with Gasteiger partial charge in [0.2, 0.25) is 5.91 Å². The first-order chi connectivity index (χ1) is 16.0. The molecule has 2 aliphatic heterocycles. The molecule has 3 atom stereocenters. The van der Waals surface area contributed by atoms with Gasteiger partial charge in [-0.25, -0.2) is 9.83 Å². The van der Waals surface area contributed by atoms with E-state index < -0.39 is 0 Å². The number of hydrogen-bond acceptors (Lipinski definition) is 5. The van der Waals surface area contributed by atoms with Crippen LogP contribution in [0.3, 0.4) is 0 Å². The summed E-state index contributed by atoms with van der Waals surface area (Å²) in [6, 6.07) is 12.1. The topological polar surface area (TPSA) is 64.9 Å². The van der Waals surface area contributed by atoms with E-state index in [-0.39, 0.29) is 23.9 Å². The monoisotopic (exact) mass is 444 g/mol. The van der Waals surface area contributed by atoms with Crippen molar-refractivity contribution in [1.82, 2.24) is 15.2 Å². The summed E-state index contributed by atoms with van der Waals surface area (Å²) in [4.78, 5) is 25.7. The van der Waals surface area contributed by atoms with Crippen molar-refractivity contribution in [3.63, 3.8) is 0 Å². The highest BCUT2D eigenvalue weighted by molar-refractivity contribution is 5.94. The fourth-order valence-corrected chi connectivity index (χ4v) is 5.53. The van der Waals surface area contributed by atoms with E-state index in [9.17, 15) is 4.79 Å². The van der Waals surface area contributed by atoms with Gasteiger partial charge >= 0.3 is 0 Å². The Hall–Kier alpha value is -2.95. The number of anilines is 2. The summed E-state index contributed by atoms with van der Waals surface area (Å²) < 4.78 is 0. The third-order valence-corrected chi connectivity index (χ3v) is 7.25. The molecule has 1 aliphatic carbocycles. The van der Waals surface area contributed by atoms with Crippen LogP contribution in [0.15, 0.2) is 36.4 Å². The number of rotatable bonds is 5. The van der Waals surface area contributed by atoms with Crippen LogP contribution in [0.1, 0.15) is 44.0 Å². The molecule has 172 valence electrons. The van der Waals surface area contributed by atoms with Crippen LogP contribution in [0.2, 0.25) is 0 Å². The second-order valence-corrected chi connectivity index (χ2v) is 9.59. The minimum absolute atomic E-state index is 0.00941. The number of hydrogen-bond donors (Lipinski definition) is 2. The molecule has 1 saturated carbocycles. The van der Waals surface area contributed by atoms with E-state index in [0.29, 0.717) is 11.6 Å². The van der Waals surface area contributed by atoms with E-state index in [4.69, 9.17) is 11.6 Å². The quantitative estimate of drug-likeness (QED) is 0.683. The fraction of sp³-hybridized carbons (Fsp3) is 0.500. The fourth-order valence-electron chi connectivity index (χ4n) is 5.53. The molecule has 0 unspecified atom stereocenters. The van der Waals surface area contributed by atoms with E-state index in [2.05, 4.69) is 39.4 Å². The van der Waals surface area contributed by atoms with Gasteiger partial charge in [-0.1, -0.05) is 19.1 Å². The minimum atomic E-state index is -0.00941. The van der Waals surface area contributed by atoms with E-state index in [1.165, 1.54) is 12.8 Å². The number of amides is 1. The lowest BCUT2D eigenvalue weighted by Crippen LogP contribution is -2.51. The zero-order valence-corrected chi connectivity index (χ0v) is 19.4. The van der Waals surface area contributed by atoms with Gasteiger partial charge in [-0.3, -0.25) is 9.69 Å². The summed E-state index contributed by atoms with van der Waals surface area (Å²) >= 11 is 0. The van der Waals surface area contributed by atoms with Crippen LogP contribution < -0.4 is 15.5 Å². The van der Waals surface area contributed by atoms with Crippen molar-refractivity contribution in [2.24, 2.45) is 11.8 Å². The smallest absolute Gasteiger partial charge is 0.224 e. The Morgan fingerprint density at radius 2 is 2.03 bits per heavy atom. The highest BCUT2D eigenvalue weighted by atomic mass is 16.2. The minimum Gasteiger partial charge on any atom is -0.363 e. The summed E-state index contributed by atoms with van der Waals surface area (Å²) in [6.45, 7) is 16.4. The van der Waals surface area contributed by atoms with Crippen LogP contribution in [-0.4, -0.2) is 48.0 Å². The Morgan fingerprint density at radius 1 is 1.24 bits per heavy atom. The molecule has 2 aromatic rings. The Morgan fingerprint density at radius 3 is 2.73 bits per heavy atom. The molecule has 7 nitrogen and oxygen atoms in total. The van der Waals surface area contributed by atoms with E-state index in [0.717, 1.165) is 55.5 Å². The van der Waals surface area contributed by atoms with E-state index >= 15 is 0 Å². The van der Waals surface area contributed by atoms with Crippen LogP contribution in [0.25, 0.3) is 4.85 Å². The molecule has 1 amide bonds. The first kappa shape index (κ1) is 21.9. The number of piperazine rings is 1. The first-order valence-electron chi connectivity index (χ1n) is 12.0. The lowest BCUT2D eigenvalue weighted by molar-refractivity contribution is -0.117. The highest BCUT2D eigenvalue weighted by Crippen LogP contribution is 2.50. The normalized spacial score (nSPS) is 25.2. The Labute approximate surface area is 196 Å². The second-order valence-electron chi connectivity index (χ2n) is 9.59. The van der Waals surface area contributed by atoms with Gasteiger partial charge in [0, 0.05) is 57.3 Å². The van der Waals surface area contributed by atoms with Crippen molar-refractivity contribution >= 4 is 23.1 Å². The van der Waals surface area contributed by atoms with Crippen molar-refractivity contribution in [2.45, 2.75) is 45.3 Å². The van der Waals surface area contributed by atoms with Gasteiger partial charge in [0.15, 0.2) is 5.69 Å². The van der Waals surface area contributed by atoms with Crippen LogP contribution in [0.4, 0.5) is 17.2 Å². The molecule has 3 heterocycles. The number of carbonyl (C=O) groups excluding carboxylic acids is 1. The molecule has 2 N–H and O–H groups in total. The van der Waals surface area contributed by atoms with E-state index in [1.807, 2.05) is 29.2 Å². The van der Waals surface area contributed by atoms with Gasteiger partial charge in [-0.15, -0.1) is 0 Å². The molecule has 7 heteroatoms. The third-order valence-electron chi connectivity index (χ3n) is 7.25. The molecular weight excluding hydrogens is 412 g/mol. The molecule has 3 aliphatic rings. The molecular formula is C26H32N6O. The number of nitrogens with zero attached hydrogens (tertiary/aromatic N) is 4. The van der Waals surface area contributed by atoms with Gasteiger partial charge in [0.1, 0.15) is 5.82 Å². The molecule has 2 fully saturated rings. The third kappa shape index (κ3) is 4.46. The summed E-state index contributed by atoms with van der Waals surface area (Å²) in [5, 5.41) is 7.10. The molecule has 5 rings (SSSR count). The standard InChI is InChI=1S/C26H32N6O/c1-17-25(30-24-6-4-5-21(29-24)16-31-13-11-28-12-14-31)22-15-20(27-3)9-10-23(22)32(18(2)33)26(17)19-7-8-19/h4-6,9-10,15,17,19,25-26,28H,7-8,11-14,16H2,1-2H3,(H,29,30)/t17-,25-,26-/m1/s1. The SMILES string of the molecule is [C-]#[N+]c1ccc2c(c1)[C@H](Nc1cccc(CN3CCNCC3)n1)[C@@H](C)[C@H](C1CC1)N2C(C)=O. The van der Waals surface area contributed by atoms with Gasteiger partial charge in [0.25, 0.3) is 0 Å². The highest BCUT2D eigenvalue weighted by Gasteiger charge is 2.47. The number of fused-ring (bicyclic) bond motifs is 1. The van der Waals surface area contributed by atoms with Crippen molar-refractivity contribution < 1.29 is 4.79 Å². The van der Waals surface area contributed by atoms with Crippen molar-refractivity contribution in [2.75, 3.05) is 36.4 Å². The van der Waals surface area contributed by atoms with Gasteiger partial charge in [0.05, 0.1) is 18.3 Å². The van der Waals surface area contributed by atoms with Gasteiger partial charge in [-0.05, 0) is 48.6 Å². The first-order valence-corrected chi connectivity index (χ1v) is 12.0. The molecule has 1 aromatic heterocycles. The number of aromatic nitrogens is 1. The Bertz CT molecular complexity index is 1070. The molecule has 1 saturated heterocycles. The molecule has 0 bridgehead atoms. The van der Waals surface area contributed by atoms with Crippen molar-refractivity contribution in [3.05, 3.63) is 59.1 Å². The molecule has 33 heavy (non-hydrogen) atoms. The predicted octanol–water partition coefficient (Wildman–Crippen LogP) is 3.97. The summed E-state index contributed by atoms with van der Waals surface area (Å²) in [6.07, 6.45) is 2.33. The average Bonchev–Trinajstić information content (AvgIpc) is 3.66. The summed E-state index contributed by atoms with van der Waals surface area (Å²) in [5.41, 5.74) is 3.60. The van der Waals surface area contributed by atoms with Crippen LogP contribution in [-0.2, 0) is 11.3 Å². The lowest BCUT2D eigenvalue weighted by atomic mass is 9.79. The zero-order valence-electron chi connectivity index (χ0n) is 19.4. The average molecular weight is 445 g/mol. The van der Waals surface area contributed by atoms with Gasteiger partial charge in [-0.2, -0.15) is 0 Å². The maximum absolute atomic E-state index is 12.7. The maximum Gasteiger partial charge on any atom is 0.224 e. The summed E-state index contributed by atoms with van der Waals surface area (Å²) in [7, 11) is 0. The Kier molecular flexibility index (Phi) is 6.05. The maximum atomic E-state index is 12.7. The van der Waals surface area contributed by atoms with Crippen LogP contribution in [0.5, 0.6) is 0 Å². The lowest BCUT2D eigenvalue weighted by Gasteiger charge is -2.46. The number of pyridine rings is 1. The predicted molar refractivity (Wildman–Crippen MR) is 130 cm³/mol. The molecule has 1 aromatic carbocycles. The number of nitrogens with one attached hydrogen (secondary N) is 2. The number of benzene rings is 1. The largest absolute Gasteiger partial charge is 0.363 e. The van der Waals surface area contributed by atoms with Crippen LogP contribution in [0, 0.1) is 18.4 Å². The number of carbonyl (C=O) groups is 1.